The van der Waals surface area contributed by atoms with Gasteiger partial charge in [0.15, 0.2) is 0 Å². The van der Waals surface area contributed by atoms with Gasteiger partial charge in [0, 0.05) is 11.8 Å². The number of methoxy groups -OCH3 is 1. The Morgan fingerprint density at radius 3 is 2.39 bits per heavy atom. The van der Waals surface area contributed by atoms with Gasteiger partial charge in [-0.25, -0.2) is 8.42 Å². The van der Waals surface area contributed by atoms with Crippen LogP contribution in [0.4, 0.5) is 11.4 Å². The van der Waals surface area contributed by atoms with Gasteiger partial charge < -0.3 is 4.74 Å². The monoisotopic (exact) mass is 333 g/mol. The number of anilines is 1. The highest BCUT2D eigenvalue weighted by atomic mass is 32.2. The van der Waals surface area contributed by atoms with Gasteiger partial charge in [-0.3, -0.25) is 14.8 Å². The second-order valence-electron chi connectivity index (χ2n) is 4.39. The first kappa shape index (κ1) is 16.3. The number of rotatable bonds is 5. The molecule has 0 spiro atoms. The van der Waals surface area contributed by atoms with Crippen LogP contribution in [-0.2, 0) is 10.0 Å². The highest BCUT2D eigenvalue weighted by Crippen LogP contribution is 2.29. The SMILES string of the molecule is COc1cc([N+](=O)[O-])ccc1S(=O)(=O)Nc1ccc(C#N)cc1. The Balaban J connectivity index is 2.38. The largest absolute Gasteiger partial charge is 0.495 e. The molecule has 2 rings (SSSR count). The molecule has 9 heteroatoms. The van der Waals surface area contributed by atoms with E-state index in [0.29, 0.717) is 5.56 Å². The van der Waals surface area contributed by atoms with Gasteiger partial charge in [0.05, 0.1) is 29.7 Å². The normalized spacial score (nSPS) is 10.6. The Morgan fingerprint density at radius 1 is 1.22 bits per heavy atom. The molecule has 0 saturated carbocycles. The van der Waals surface area contributed by atoms with E-state index in [1.165, 1.54) is 31.4 Å². The Kier molecular flexibility index (Phi) is 4.47. The number of hydrogen-bond acceptors (Lipinski definition) is 6. The second kappa shape index (κ2) is 6.33. The summed E-state index contributed by atoms with van der Waals surface area (Å²) in [5.41, 5.74) is 0.365. The quantitative estimate of drug-likeness (QED) is 0.661. The molecular weight excluding hydrogens is 322 g/mol. The first-order valence-electron chi connectivity index (χ1n) is 6.23. The van der Waals surface area contributed by atoms with E-state index < -0.39 is 14.9 Å². The second-order valence-corrected chi connectivity index (χ2v) is 6.04. The molecular formula is C14H11N3O5S. The predicted octanol–water partition coefficient (Wildman–Crippen LogP) is 2.28. The topological polar surface area (TPSA) is 122 Å². The van der Waals surface area contributed by atoms with E-state index in [2.05, 4.69) is 4.72 Å². The molecule has 8 nitrogen and oxygen atoms in total. The molecule has 0 saturated heterocycles. The van der Waals surface area contributed by atoms with Gasteiger partial charge in [0.2, 0.25) is 0 Å². The van der Waals surface area contributed by atoms with Crippen molar-refractivity contribution in [3.8, 4) is 11.8 Å². The van der Waals surface area contributed by atoms with Crippen LogP contribution in [0.15, 0.2) is 47.4 Å². The fraction of sp³-hybridized carbons (Fsp3) is 0.0714. The lowest BCUT2D eigenvalue weighted by Gasteiger charge is -2.11. The number of nitrogens with one attached hydrogen (secondary N) is 1. The number of benzene rings is 2. The smallest absolute Gasteiger partial charge is 0.273 e. The van der Waals surface area contributed by atoms with Crippen LogP contribution >= 0.6 is 0 Å². The maximum absolute atomic E-state index is 12.4. The molecule has 0 amide bonds. The van der Waals surface area contributed by atoms with Crippen molar-refractivity contribution in [2.45, 2.75) is 4.90 Å². The number of sulfonamides is 1. The van der Waals surface area contributed by atoms with Crippen molar-refractivity contribution in [3.05, 3.63) is 58.1 Å². The summed E-state index contributed by atoms with van der Waals surface area (Å²) in [7, 11) is -2.78. The van der Waals surface area contributed by atoms with E-state index in [1.54, 1.807) is 0 Å². The number of nitriles is 1. The predicted molar refractivity (Wildman–Crippen MR) is 81.6 cm³/mol. The molecule has 118 valence electrons. The van der Waals surface area contributed by atoms with Crippen molar-refractivity contribution in [2.75, 3.05) is 11.8 Å². The van der Waals surface area contributed by atoms with Gasteiger partial charge in [0.1, 0.15) is 10.6 Å². The van der Waals surface area contributed by atoms with Crippen LogP contribution in [0.2, 0.25) is 0 Å². The van der Waals surface area contributed by atoms with Gasteiger partial charge in [-0.15, -0.1) is 0 Å². The standard InChI is InChI=1S/C14H11N3O5S/c1-22-13-8-12(17(18)19)6-7-14(13)23(20,21)16-11-4-2-10(9-15)3-5-11/h2-8,16H,1H3. The lowest BCUT2D eigenvalue weighted by atomic mass is 10.2. The van der Waals surface area contributed by atoms with Crippen molar-refractivity contribution >= 4 is 21.4 Å². The van der Waals surface area contributed by atoms with Gasteiger partial charge in [-0.05, 0) is 30.3 Å². The van der Waals surface area contributed by atoms with E-state index in [4.69, 9.17) is 10.00 Å². The van der Waals surface area contributed by atoms with Gasteiger partial charge in [0.25, 0.3) is 15.7 Å². The highest BCUT2D eigenvalue weighted by molar-refractivity contribution is 7.92. The maximum Gasteiger partial charge on any atom is 0.273 e. The summed E-state index contributed by atoms with van der Waals surface area (Å²) >= 11 is 0. The molecule has 2 aromatic carbocycles. The van der Waals surface area contributed by atoms with Crippen LogP contribution in [0.25, 0.3) is 0 Å². The average molecular weight is 333 g/mol. The summed E-state index contributed by atoms with van der Waals surface area (Å²) in [4.78, 5) is 9.87. The van der Waals surface area contributed by atoms with Crippen molar-refractivity contribution in [3.63, 3.8) is 0 Å². The third-order valence-electron chi connectivity index (χ3n) is 2.91. The first-order chi connectivity index (χ1) is 10.9. The number of non-ortho nitro benzene ring substituents is 1. The van der Waals surface area contributed by atoms with Crippen LogP contribution in [-0.4, -0.2) is 20.5 Å². The zero-order valence-electron chi connectivity index (χ0n) is 11.9. The summed E-state index contributed by atoms with van der Waals surface area (Å²) in [6, 6.07) is 10.9. The minimum Gasteiger partial charge on any atom is -0.495 e. The molecule has 0 fully saturated rings. The minimum absolute atomic E-state index is 0.139. The molecule has 0 aliphatic carbocycles. The Morgan fingerprint density at radius 2 is 1.87 bits per heavy atom. The summed E-state index contributed by atoms with van der Waals surface area (Å²) in [5.74, 6) is -0.139. The van der Waals surface area contributed by atoms with Crippen LogP contribution < -0.4 is 9.46 Å². The number of hydrogen-bond donors (Lipinski definition) is 1. The molecule has 2 aromatic rings. The third-order valence-corrected chi connectivity index (χ3v) is 4.33. The van der Waals surface area contributed by atoms with E-state index in [9.17, 15) is 18.5 Å². The van der Waals surface area contributed by atoms with E-state index >= 15 is 0 Å². The maximum atomic E-state index is 12.4. The fourth-order valence-electron chi connectivity index (χ4n) is 1.81. The molecule has 0 radical (unpaired) electrons. The molecule has 23 heavy (non-hydrogen) atoms. The summed E-state index contributed by atoms with van der Waals surface area (Å²) in [5, 5.41) is 19.5. The van der Waals surface area contributed by atoms with E-state index in [0.717, 1.165) is 18.2 Å². The number of nitrogens with zero attached hydrogens (tertiary/aromatic N) is 2. The number of nitro benzene ring substituents is 1. The Hall–Kier alpha value is -3.12. The van der Waals surface area contributed by atoms with Gasteiger partial charge in [-0.1, -0.05) is 0 Å². The summed E-state index contributed by atoms with van der Waals surface area (Å²) in [6.07, 6.45) is 0. The zero-order chi connectivity index (χ0) is 17.0. The molecule has 0 aliphatic rings. The number of ether oxygens (including phenoxy) is 1. The summed E-state index contributed by atoms with van der Waals surface area (Å²) < 4.78 is 32.0. The third kappa shape index (κ3) is 3.56. The lowest BCUT2D eigenvalue weighted by Crippen LogP contribution is -2.14. The molecule has 1 N–H and O–H groups in total. The fourth-order valence-corrected chi connectivity index (χ4v) is 3.03. The minimum atomic E-state index is -4.00. The molecule has 0 atom stereocenters. The van der Waals surface area contributed by atoms with Crippen LogP contribution in [0.1, 0.15) is 5.56 Å². The van der Waals surface area contributed by atoms with Crippen LogP contribution in [0.3, 0.4) is 0 Å². The van der Waals surface area contributed by atoms with Gasteiger partial charge in [-0.2, -0.15) is 5.26 Å². The Labute approximate surface area is 132 Å². The molecule has 0 aromatic heterocycles. The number of nitro groups is 1. The van der Waals surface area contributed by atoms with E-state index in [1.807, 2.05) is 6.07 Å². The van der Waals surface area contributed by atoms with Crippen molar-refractivity contribution in [1.82, 2.24) is 0 Å². The molecule has 0 aliphatic heterocycles. The van der Waals surface area contributed by atoms with E-state index in [-0.39, 0.29) is 22.0 Å². The van der Waals surface area contributed by atoms with Crippen molar-refractivity contribution in [2.24, 2.45) is 0 Å². The Bertz CT molecular complexity index is 886. The average Bonchev–Trinajstić information content (AvgIpc) is 2.54. The van der Waals surface area contributed by atoms with Crippen LogP contribution in [0, 0.1) is 21.4 Å². The molecule has 0 unspecified atom stereocenters. The molecule has 0 bridgehead atoms. The lowest BCUT2D eigenvalue weighted by molar-refractivity contribution is -0.385. The zero-order valence-corrected chi connectivity index (χ0v) is 12.7. The highest BCUT2D eigenvalue weighted by Gasteiger charge is 2.22. The first-order valence-corrected chi connectivity index (χ1v) is 7.71. The van der Waals surface area contributed by atoms with Crippen LogP contribution in [0.5, 0.6) is 5.75 Å². The van der Waals surface area contributed by atoms with Crippen molar-refractivity contribution < 1.29 is 18.1 Å². The van der Waals surface area contributed by atoms with Gasteiger partial charge >= 0.3 is 0 Å². The van der Waals surface area contributed by atoms with Crippen molar-refractivity contribution in [1.29, 1.82) is 5.26 Å². The molecule has 0 heterocycles. The summed E-state index contributed by atoms with van der Waals surface area (Å²) in [6.45, 7) is 0.